The number of aliphatic hydroxyl groups is 1. The molecule has 1 atom stereocenters. The van der Waals surface area contributed by atoms with E-state index in [0.29, 0.717) is 55.9 Å². The number of rotatable bonds is 14. The minimum Gasteiger partial charge on any atom is -0.493 e. The number of methoxy groups -OCH3 is 2. The number of benzene rings is 2. The van der Waals surface area contributed by atoms with Crippen LogP contribution in [0.2, 0.25) is 0 Å². The molecule has 2 aromatic rings. The fourth-order valence-corrected chi connectivity index (χ4v) is 2.99. The lowest BCUT2D eigenvalue weighted by Gasteiger charge is -2.22. The summed E-state index contributed by atoms with van der Waals surface area (Å²) in [5, 5.41) is 10.4. The van der Waals surface area contributed by atoms with Gasteiger partial charge >= 0.3 is 0 Å². The molecule has 1 N–H and O–H groups in total. The third-order valence-corrected chi connectivity index (χ3v) is 4.33. The molecule has 0 unspecified atom stereocenters. The largest absolute Gasteiger partial charge is 0.493 e. The fourth-order valence-electron chi connectivity index (χ4n) is 2.99. The number of hydrogen-bond donors (Lipinski definition) is 1. The second-order valence-corrected chi connectivity index (χ2v) is 6.87. The van der Waals surface area contributed by atoms with Crippen molar-refractivity contribution in [2.45, 2.75) is 19.6 Å². The molecule has 2 rings (SSSR count). The van der Waals surface area contributed by atoms with Gasteiger partial charge in [-0.05, 0) is 43.8 Å². The summed E-state index contributed by atoms with van der Waals surface area (Å²) in [6.45, 7) is 4.73. The Balaban J connectivity index is 1.87. The molecule has 7 heteroatoms. The van der Waals surface area contributed by atoms with Gasteiger partial charge in [-0.15, -0.1) is 0 Å². The van der Waals surface area contributed by atoms with Crippen LogP contribution in [0.3, 0.4) is 0 Å². The van der Waals surface area contributed by atoms with E-state index in [4.69, 9.17) is 23.7 Å². The topological polar surface area (TPSA) is 69.6 Å². The van der Waals surface area contributed by atoms with Crippen molar-refractivity contribution in [3.63, 3.8) is 0 Å². The zero-order valence-electron chi connectivity index (χ0n) is 18.3. The lowest BCUT2D eigenvalue weighted by molar-refractivity contribution is 0.0730. The maximum atomic E-state index is 10.4. The Bertz CT molecular complexity index is 754. The van der Waals surface area contributed by atoms with Crippen molar-refractivity contribution in [3.05, 3.63) is 48.0 Å². The standard InChI is InChI=1S/C23H33NO6/c1-5-28-21-8-6-7-9-22(21)30-17-19(25)16-24(2)15-18-10-11-20(27-4)23(14-18)29-13-12-26-3/h6-11,14,19,25H,5,12-13,15-17H2,1-4H3/t19-/m0/s1. The molecule has 7 nitrogen and oxygen atoms in total. The van der Waals surface area contributed by atoms with Crippen LogP contribution in [0.1, 0.15) is 12.5 Å². The fraction of sp³-hybridized carbons (Fsp3) is 0.478. The molecule has 0 bridgehead atoms. The van der Waals surface area contributed by atoms with E-state index >= 15 is 0 Å². The molecule has 0 aliphatic rings. The SMILES string of the molecule is CCOc1ccccc1OC[C@@H](O)CN(C)Cc1ccc(OC)c(OCCOC)c1. The zero-order valence-corrected chi connectivity index (χ0v) is 18.3. The van der Waals surface area contributed by atoms with Crippen LogP contribution in [0, 0.1) is 0 Å². The van der Waals surface area contributed by atoms with E-state index in [1.807, 2.05) is 61.3 Å². The van der Waals surface area contributed by atoms with Crippen molar-refractivity contribution >= 4 is 0 Å². The van der Waals surface area contributed by atoms with Gasteiger partial charge < -0.3 is 28.8 Å². The number of likely N-dealkylation sites (N-methyl/N-ethyl adjacent to an activating group) is 1. The average Bonchev–Trinajstić information content (AvgIpc) is 2.73. The number of ether oxygens (including phenoxy) is 5. The van der Waals surface area contributed by atoms with Crippen LogP contribution in [0.5, 0.6) is 23.0 Å². The molecule has 0 radical (unpaired) electrons. The highest BCUT2D eigenvalue weighted by Gasteiger charge is 2.13. The maximum Gasteiger partial charge on any atom is 0.161 e. The van der Waals surface area contributed by atoms with Crippen molar-refractivity contribution in [3.8, 4) is 23.0 Å². The second kappa shape index (κ2) is 13.0. The summed E-state index contributed by atoms with van der Waals surface area (Å²) < 4.78 is 27.4. The Morgan fingerprint density at radius 1 is 0.900 bits per heavy atom. The molecule has 0 aromatic heterocycles. The summed E-state index contributed by atoms with van der Waals surface area (Å²) >= 11 is 0. The molecule has 0 saturated carbocycles. The van der Waals surface area contributed by atoms with Crippen LogP contribution in [-0.2, 0) is 11.3 Å². The van der Waals surface area contributed by atoms with Gasteiger partial charge in [-0.1, -0.05) is 18.2 Å². The monoisotopic (exact) mass is 419 g/mol. The Kier molecular flexibility index (Phi) is 10.3. The van der Waals surface area contributed by atoms with Crippen molar-refractivity contribution in [2.24, 2.45) is 0 Å². The van der Waals surface area contributed by atoms with Crippen molar-refractivity contribution in [1.29, 1.82) is 0 Å². The molecule has 0 heterocycles. The summed E-state index contributed by atoms with van der Waals surface area (Å²) in [5.41, 5.74) is 1.06. The quantitative estimate of drug-likeness (QED) is 0.472. The molecule has 0 saturated heterocycles. The summed E-state index contributed by atoms with van der Waals surface area (Å²) in [4.78, 5) is 2.03. The van der Waals surface area contributed by atoms with E-state index in [-0.39, 0.29) is 6.61 Å². The van der Waals surface area contributed by atoms with E-state index in [1.165, 1.54) is 0 Å². The molecular weight excluding hydrogens is 386 g/mol. The molecule has 0 amide bonds. The van der Waals surface area contributed by atoms with E-state index in [9.17, 15) is 5.11 Å². The molecule has 0 aliphatic heterocycles. The third-order valence-electron chi connectivity index (χ3n) is 4.33. The summed E-state index contributed by atoms with van der Waals surface area (Å²) in [6.07, 6.45) is -0.639. The van der Waals surface area contributed by atoms with Crippen LogP contribution >= 0.6 is 0 Å². The first-order chi connectivity index (χ1) is 14.6. The van der Waals surface area contributed by atoms with Crippen molar-refractivity contribution in [2.75, 3.05) is 54.2 Å². The highest BCUT2D eigenvalue weighted by Crippen LogP contribution is 2.29. The first-order valence-corrected chi connectivity index (χ1v) is 10.1. The highest BCUT2D eigenvalue weighted by atomic mass is 16.5. The Labute approximate surface area is 179 Å². The van der Waals surface area contributed by atoms with Gasteiger partial charge in [-0.2, -0.15) is 0 Å². The van der Waals surface area contributed by atoms with Gasteiger partial charge in [0.15, 0.2) is 23.0 Å². The van der Waals surface area contributed by atoms with Gasteiger partial charge in [-0.3, -0.25) is 4.90 Å². The predicted octanol–water partition coefficient (Wildman–Crippen LogP) is 2.99. The van der Waals surface area contributed by atoms with Gasteiger partial charge in [0.1, 0.15) is 19.3 Å². The van der Waals surface area contributed by atoms with Crippen molar-refractivity contribution < 1.29 is 28.8 Å². The molecular formula is C23H33NO6. The van der Waals surface area contributed by atoms with E-state index < -0.39 is 6.10 Å². The smallest absolute Gasteiger partial charge is 0.161 e. The van der Waals surface area contributed by atoms with E-state index in [0.717, 1.165) is 5.56 Å². The first kappa shape index (κ1) is 23.8. The van der Waals surface area contributed by atoms with E-state index in [1.54, 1.807) is 14.2 Å². The van der Waals surface area contributed by atoms with Gasteiger partial charge in [0, 0.05) is 20.2 Å². The average molecular weight is 420 g/mol. The van der Waals surface area contributed by atoms with Crippen LogP contribution in [-0.4, -0.2) is 70.3 Å². The molecule has 0 spiro atoms. The van der Waals surface area contributed by atoms with Gasteiger partial charge in [-0.25, -0.2) is 0 Å². The molecule has 2 aromatic carbocycles. The van der Waals surface area contributed by atoms with Crippen LogP contribution in [0.25, 0.3) is 0 Å². The summed E-state index contributed by atoms with van der Waals surface area (Å²) in [5.74, 6) is 2.67. The number of aliphatic hydroxyl groups excluding tert-OH is 1. The van der Waals surface area contributed by atoms with Gasteiger partial charge in [0.2, 0.25) is 0 Å². The second-order valence-electron chi connectivity index (χ2n) is 6.87. The van der Waals surface area contributed by atoms with Crippen LogP contribution < -0.4 is 18.9 Å². The minimum absolute atomic E-state index is 0.183. The Hall–Kier alpha value is -2.48. The predicted molar refractivity (Wildman–Crippen MR) is 116 cm³/mol. The first-order valence-electron chi connectivity index (χ1n) is 10.1. The lowest BCUT2D eigenvalue weighted by atomic mass is 10.2. The van der Waals surface area contributed by atoms with Crippen LogP contribution in [0.15, 0.2) is 42.5 Å². The Morgan fingerprint density at radius 2 is 1.63 bits per heavy atom. The summed E-state index contributed by atoms with van der Waals surface area (Å²) in [7, 11) is 5.20. The van der Waals surface area contributed by atoms with E-state index in [2.05, 4.69) is 0 Å². The molecule has 0 fully saturated rings. The minimum atomic E-state index is -0.639. The number of nitrogens with zero attached hydrogens (tertiary/aromatic N) is 1. The molecule has 30 heavy (non-hydrogen) atoms. The highest BCUT2D eigenvalue weighted by molar-refractivity contribution is 5.43. The number of para-hydroxylation sites is 2. The lowest BCUT2D eigenvalue weighted by Crippen LogP contribution is -2.32. The number of hydrogen-bond acceptors (Lipinski definition) is 7. The third kappa shape index (κ3) is 7.74. The maximum absolute atomic E-state index is 10.4. The van der Waals surface area contributed by atoms with Crippen molar-refractivity contribution in [1.82, 2.24) is 4.90 Å². The van der Waals surface area contributed by atoms with Gasteiger partial charge in [0.05, 0.1) is 20.3 Å². The Morgan fingerprint density at radius 3 is 2.30 bits per heavy atom. The summed E-state index contributed by atoms with van der Waals surface area (Å²) in [6, 6.07) is 13.3. The van der Waals surface area contributed by atoms with Crippen LogP contribution in [0.4, 0.5) is 0 Å². The zero-order chi connectivity index (χ0) is 21.8. The molecule has 0 aliphatic carbocycles. The normalized spacial score (nSPS) is 11.9. The van der Waals surface area contributed by atoms with Gasteiger partial charge in [0.25, 0.3) is 0 Å². The molecule has 166 valence electrons.